The Morgan fingerprint density at radius 3 is 2.78 bits per heavy atom. The fourth-order valence-corrected chi connectivity index (χ4v) is 0.496. The maximum atomic E-state index is 3.98. The lowest BCUT2D eigenvalue weighted by Gasteiger charge is -1.98. The number of hydrogen-bond donors (Lipinski definition) is 1. The molecule has 0 fully saturated rings. The Morgan fingerprint density at radius 1 is 1.78 bits per heavy atom. The van der Waals surface area contributed by atoms with Crippen LogP contribution >= 0.6 is 0 Å². The third-order valence-electron chi connectivity index (χ3n) is 1.08. The Balaban J connectivity index is 3.45. The quantitative estimate of drug-likeness (QED) is 0.555. The molecule has 52 valence electrons. The molecule has 0 rings (SSSR count). The minimum atomic E-state index is 0.830. The van der Waals surface area contributed by atoms with Crippen molar-refractivity contribution in [2.24, 2.45) is 4.99 Å². The summed E-state index contributed by atoms with van der Waals surface area (Å²) in [5.41, 5.74) is 1.01. The lowest BCUT2D eigenvalue weighted by atomic mass is 10.3. The molecule has 0 aromatic carbocycles. The van der Waals surface area contributed by atoms with Crippen molar-refractivity contribution in [1.29, 1.82) is 0 Å². The normalized spacial score (nSPS) is 11.6. The number of rotatable bonds is 4. The number of nitrogens with zero attached hydrogens (tertiary/aromatic N) is 1. The summed E-state index contributed by atoms with van der Waals surface area (Å²) in [5, 5.41) is 3.15. The van der Waals surface area contributed by atoms with E-state index in [1.807, 2.05) is 0 Å². The van der Waals surface area contributed by atoms with Crippen LogP contribution in [0.4, 0.5) is 0 Å². The van der Waals surface area contributed by atoms with Crippen molar-refractivity contribution >= 4 is 5.71 Å². The Hall–Kier alpha value is -0.630. The Labute approximate surface area is 56.7 Å². The van der Waals surface area contributed by atoms with Gasteiger partial charge in [-0.05, 0) is 12.6 Å². The van der Waals surface area contributed by atoms with Crippen molar-refractivity contribution in [2.45, 2.75) is 6.92 Å². The van der Waals surface area contributed by atoms with E-state index in [0.717, 1.165) is 18.8 Å². The summed E-state index contributed by atoms with van der Waals surface area (Å²) >= 11 is 0. The summed E-state index contributed by atoms with van der Waals surface area (Å²) in [6, 6.07) is 0. The first-order chi connectivity index (χ1) is 4.35. The van der Waals surface area contributed by atoms with E-state index in [-0.39, 0.29) is 0 Å². The highest BCUT2D eigenvalue weighted by atomic mass is 14.9. The fraction of sp³-hybridized carbons (Fsp3) is 0.571. The predicted octanol–water partition coefficient (Wildman–Crippen LogP) is 0.853. The SMILES string of the molecule is C=CC(CNCC)=NC. The first kappa shape index (κ1) is 8.37. The second-order valence-corrected chi connectivity index (χ2v) is 1.70. The van der Waals surface area contributed by atoms with Crippen LogP contribution in [0.25, 0.3) is 0 Å². The molecule has 0 aliphatic heterocycles. The van der Waals surface area contributed by atoms with Crippen LogP contribution in [-0.4, -0.2) is 25.8 Å². The summed E-state index contributed by atoms with van der Waals surface area (Å²) in [6.07, 6.45) is 1.77. The van der Waals surface area contributed by atoms with Gasteiger partial charge in [-0.3, -0.25) is 4.99 Å². The molecule has 2 heteroatoms. The zero-order valence-electron chi connectivity index (χ0n) is 6.15. The number of aliphatic imine (C=N–C) groups is 1. The van der Waals surface area contributed by atoms with E-state index in [1.54, 1.807) is 13.1 Å². The number of nitrogens with one attached hydrogen (secondary N) is 1. The maximum Gasteiger partial charge on any atom is 0.0477 e. The van der Waals surface area contributed by atoms with Gasteiger partial charge in [0.1, 0.15) is 0 Å². The molecule has 0 aromatic heterocycles. The van der Waals surface area contributed by atoms with Gasteiger partial charge in [-0.25, -0.2) is 0 Å². The first-order valence-corrected chi connectivity index (χ1v) is 3.14. The third-order valence-corrected chi connectivity index (χ3v) is 1.08. The van der Waals surface area contributed by atoms with Crippen molar-refractivity contribution in [2.75, 3.05) is 20.1 Å². The van der Waals surface area contributed by atoms with Crippen LogP contribution in [0.15, 0.2) is 17.6 Å². The van der Waals surface area contributed by atoms with Crippen LogP contribution in [-0.2, 0) is 0 Å². The van der Waals surface area contributed by atoms with Gasteiger partial charge in [0, 0.05) is 19.3 Å². The maximum absolute atomic E-state index is 3.98. The lowest BCUT2D eigenvalue weighted by molar-refractivity contribution is 0.818. The molecule has 0 aliphatic rings. The largest absolute Gasteiger partial charge is 0.311 e. The smallest absolute Gasteiger partial charge is 0.0477 e. The van der Waals surface area contributed by atoms with E-state index < -0.39 is 0 Å². The molecule has 1 N–H and O–H groups in total. The minimum absolute atomic E-state index is 0.830. The molecule has 0 spiro atoms. The van der Waals surface area contributed by atoms with Gasteiger partial charge in [-0.2, -0.15) is 0 Å². The van der Waals surface area contributed by atoms with Gasteiger partial charge < -0.3 is 5.32 Å². The van der Waals surface area contributed by atoms with Crippen LogP contribution in [0.1, 0.15) is 6.92 Å². The Morgan fingerprint density at radius 2 is 2.44 bits per heavy atom. The van der Waals surface area contributed by atoms with E-state index >= 15 is 0 Å². The van der Waals surface area contributed by atoms with Crippen molar-refractivity contribution < 1.29 is 0 Å². The molecular weight excluding hydrogens is 112 g/mol. The summed E-state index contributed by atoms with van der Waals surface area (Å²) in [5.74, 6) is 0. The van der Waals surface area contributed by atoms with E-state index in [1.165, 1.54) is 0 Å². The molecule has 0 aromatic rings. The summed E-state index contributed by atoms with van der Waals surface area (Å²) in [4.78, 5) is 3.98. The van der Waals surface area contributed by atoms with Gasteiger partial charge >= 0.3 is 0 Å². The summed E-state index contributed by atoms with van der Waals surface area (Å²) in [7, 11) is 1.77. The highest BCUT2D eigenvalue weighted by Gasteiger charge is 1.86. The summed E-state index contributed by atoms with van der Waals surface area (Å²) < 4.78 is 0. The molecule has 0 aliphatic carbocycles. The highest BCUT2D eigenvalue weighted by Crippen LogP contribution is 1.74. The topological polar surface area (TPSA) is 24.4 Å². The average molecular weight is 126 g/mol. The molecule has 0 unspecified atom stereocenters. The van der Waals surface area contributed by atoms with Crippen LogP contribution in [0.5, 0.6) is 0 Å². The molecule has 0 atom stereocenters. The number of hydrogen-bond acceptors (Lipinski definition) is 2. The van der Waals surface area contributed by atoms with E-state index in [2.05, 4.69) is 23.8 Å². The van der Waals surface area contributed by atoms with Gasteiger partial charge in [0.25, 0.3) is 0 Å². The second-order valence-electron chi connectivity index (χ2n) is 1.70. The molecule has 0 saturated heterocycles. The average Bonchev–Trinajstić information content (AvgIpc) is 1.91. The molecule has 0 bridgehead atoms. The van der Waals surface area contributed by atoms with Gasteiger partial charge in [-0.15, -0.1) is 0 Å². The van der Waals surface area contributed by atoms with Gasteiger partial charge in [0.15, 0.2) is 0 Å². The standard InChI is InChI=1S/C7H14N2/c1-4-7(8-3)6-9-5-2/h4,9H,1,5-6H2,2-3H3. The molecule has 0 saturated carbocycles. The van der Waals surface area contributed by atoms with Crippen LogP contribution in [0.2, 0.25) is 0 Å². The Kier molecular flexibility index (Phi) is 5.12. The van der Waals surface area contributed by atoms with Gasteiger partial charge in [-0.1, -0.05) is 13.5 Å². The first-order valence-electron chi connectivity index (χ1n) is 3.14. The summed E-state index contributed by atoms with van der Waals surface area (Å²) in [6.45, 7) is 7.49. The highest BCUT2D eigenvalue weighted by molar-refractivity contribution is 5.95. The van der Waals surface area contributed by atoms with Crippen molar-refractivity contribution in [3.05, 3.63) is 12.7 Å². The minimum Gasteiger partial charge on any atom is -0.311 e. The molecular formula is C7H14N2. The Bertz CT molecular complexity index is 105. The predicted molar refractivity (Wildman–Crippen MR) is 42.1 cm³/mol. The second kappa shape index (κ2) is 5.51. The molecule has 0 heterocycles. The van der Waals surface area contributed by atoms with E-state index in [9.17, 15) is 0 Å². The monoisotopic (exact) mass is 126 g/mol. The lowest BCUT2D eigenvalue weighted by Crippen LogP contribution is -2.20. The zero-order chi connectivity index (χ0) is 7.11. The third kappa shape index (κ3) is 3.91. The van der Waals surface area contributed by atoms with Crippen molar-refractivity contribution in [3.63, 3.8) is 0 Å². The molecule has 9 heavy (non-hydrogen) atoms. The van der Waals surface area contributed by atoms with Crippen LogP contribution in [0, 0.1) is 0 Å². The van der Waals surface area contributed by atoms with Crippen LogP contribution in [0.3, 0.4) is 0 Å². The van der Waals surface area contributed by atoms with E-state index in [0.29, 0.717) is 0 Å². The van der Waals surface area contributed by atoms with Gasteiger partial charge in [0.2, 0.25) is 0 Å². The fourth-order valence-electron chi connectivity index (χ4n) is 0.496. The zero-order valence-corrected chi connectivity index (χ0v) is 6.15. The van der Waals surface area contributed by atoms with E-state index in [4.69, 9.17) is 0 Å². The molecule has 0 amide bonds. The van der Waals surface area contributed by atoms with Crippen molar-refractivity contribution in [1.82, 2.24) is 5.32 Å². The van der Waals surface area contributed by atoms with Crippen LogP contribution < -0.4 is 5.32 Å². The van der Waals surface area contributed by atoms with Crippen molar-refractivity contribution in [3.8, 4) is 0 Å². The molecule has 2 nitrogen and oxygen atoms in total. The van der Waals surface area contributed by atoms with Gasteiger partial charge in [0.05, 0.1) is 0 Å². The molecule has 0 radical (unpaired) electrons.